The fraction of sp³-hybridized carbons (Fsp3) is 0.0417. The number of hydrogen-bond acceptors (Lipinski definition) is 6. The summed E-state index contributed by atoms with van der Waals surface area (Å²) in [5, 5.41) is 13.1. The quantitative estimate of drug-likeness (QED) is 0.242. The van der Waals surface area contributed by atoms with Gasteiger partial charge in [-0.15, -0.1) is 0 Å². The van der Waals surface area contributed by atoms with Crippen LogP contribution in [0, 0.1) is 10.1 Å². The number of nitro groups is 1. The summed E-state index contributed by atoms with van der Waals surface area (Å²) in [5.41, 5.74) is 1.23. The van der Waals surface area contributed by atoms with Crippen molar-refractivity contribution in [2.75, 3.05) is 4.90 Å². The Kier molecular flexibility index (Phi) is 6.37. The molecule has 0 aliphatic carbocycles. The Bertz CT molecular complexity index is 1320. The summed E-state index contributed by atoms with van der Waals surface area (Å²) in [6, 6.07) is 18.1. The van der Waals surface area contributed by atoms with E-state index in [2.05, 4.69) is 5.32 Å². The molecular formula is C24H16ClN3O6. The van der Waals surface area contributed by atoms with Crippen molar-refractivity contribution in [3.05, 3.63) is 105 Å². The van der Waals surface area contributed by atoms with E-state index in [1.807, 2.05) is 0 Å². The number of nitrogens with one attached hydrogen (secondary N) is 1. The zero-order chi connectivity index (χ0) is 24.2. The first-order valence-corrected chi connectivity index (χ1v) is 10.3. The number of carbonyl (C=O) groups excluding carboxylic acids is 3. The minimum Gasteiger partial charge on any atom is -0.489 e. The Labute approximate surface area is 198 Å². The fourth-order valence-corrected chi connectivity index (χ4v) is 3.44. The van der Waals surface area contributed by atoms with Gasteiger partial charge in [0.15, 0.2) is 0 Å². The van der Waals surface area contributed by atoms with Crippen LogP contribution in [0.4, 0.5) is 16.2 Å². The first-order valence-electron chi connectivity index (χ1n) is 9.95. The van der Waals surface area contributed by atoms with Gasteiger partial charge in [-0.25, -0.2) is 9.69 Å². The average molecular weight is 478 g/mol. The first-order chi connectivity index (χ1) is 16.3. The molecule has 1 aliphatic heterocycles. The predicted octanol–water partition coefficient (Wildman–Crippen LogP) is 4.49. The zero-order valence-corrected chi connectivity index (χ0v) is 18.2. The molecule has 1 N–H and O–H groups in total. The van der Waals surface area contributed by atoms with Crippen molar-refractivity contribution in [1.29, 1.82) is 0 Å². The highest BCUT2D eigenvalue weighted by molar-refractivity contribution is 6.42. The number of ether oxygens (including phenoxy) is 1. The van der Waals surface area contributed by atoms with Crippen LogP contribution >= 0.6 is 11.6 Å². The highest BCUT2D eigenvalue weighted by atomic mass is 35.5. The first kappa shape index (κ1) is 22.7. The summed E-state index contributed by atoms with van der Waals surface area (Å²) < 4.78 is 5.68. The summed E-state index contributed by atoms with van der Waals surface area (Å²) >= 11 is 6.12. The number of barbiturate groups is 1. The third kappa shape index (κ3) is 4.79. The van der Waals surface area contributed by atoms with Crippen LogP contribution in [0.5, 0.6) is 5.75 Å². The summed E-state index contributed by atoms with van der Waals surface area (Å²) in [6.07, 6.45) is 1.37. The molecule has 1 fully saturated rings. The van der Waals surface area contributed by atoms with Crippen LogP contribution in [0.15, 0.2) is 78.4 Å². The van der Waals surface area contributed by atoms with Gasteiger partial charge in [-0.05, 0) is 53.6 Å². The van der Waals surface area contributed by atoms with Crippen molar-refractivity contribution in [2.24, 2.45) is 0 Å². The number of nitro benzene ring substituents is 1. The van der Waals surface area contributed by atoms with Crippen LogP contribution in [0.2, 0.25) is 5.02 Å². The molecular weight excluding hydrogens is 462 g/mol. The Balaban J connectivity index is 1.49. The van der Waals surface area contributed by atoms with E-state index >= 15 is 0 Å². The number of benzene rings is 3. The van der Waals surface area contributed by atoms with Crippen molar-refractivity contribution in [3.63, 3.8) is 0 Å². The van der Waals surface area contributed by atoms with Crippen molar-refractivity contribution in [2.45, 2.75) is 6.61 Å². The fourth-order valence-electron chi connectivity index (χ4n) is 3.22. The molecule has 0 atom stereocenters. The van der Waals surface area contributed by atoms with Gasteiger partial charge in [0.25, 0.3) is 17.5 Å². The molecule has 1 aliphatic rings. The molecule has 3 aromatic carbocycles. The van der Waals surface area contributed by atoms with E-state index < -0.39 is 22.8 Å². The smallest absolute Gasteiger partial charge is 0.335 e. The molecule has 9 nitrogen and oxygen atoms in total. The molecule has 10 heteroatoms. The molecule has 4 rings (SSSR count). The monoisotopic (exact) mass is 477 g/mol. The summed E-state index contributed by atoms with van der Waals surface area (Å²) in [5.74, 6) is -1.08. The lowest BCUT2D eigenvalue weighted by atomic mass is 10.1. The number of anilines is 1. The Morgan fingerprint density at radius 2 is 1.65 bits per heavy atom. The van der Waals surface area contributed by atoms with Crippen LogP contribution in [0.1, 0.15) is 11.1 Å². The van der Waals surface area contributed by atoms with Crippen LogP contribution in [-0.2, 0) is 16.2 Å². The lowest BCUT2D eigenvalue weighted by Crippen LogP contribution is -2.54. The Morgan fingerprint density at radius 1 is 0.971 bits per heavy atom. The van der Waals surface area contributed by atoms with Gasteiger partial charge in [-0.2, -0.15) is 0 Å². The number of nitrogens with zero attached hydrogens (tertiary/aromatic N) is 2. The summed E-state index contributed by atoms with van der Waals surface area (Å²) in [6.45, 7) is 0.203. The van der Waals surface area contributed by atoms with E-state index in [1.165, 1.54) is 30.3 Å². The van der Waals surface area contributed by atoms with Crippen molar-refractivity contribution >= 4 is 46.9 Å². The van der Waals surface area contributed by atoms with Gasteiger partial charge < -0.3 is 4.74 Å². The molecule has 0 spiro atoms. The molecule has 3 aromatic rings. The second-order valence-electron chi connectivity index (χ2n) is 7.19. The standard InChI is InChI=1S/C24H16ClN3O6/c25-20-3-1-2-4-21(20)27-23(30)19(22(29)26-24(27)31)13-15-7-11-18(12-8-15)34-14-16-5-9-17(10-6-16)28(32)33/h1-13H,14H2,(H,26,29,31). The molecule has 170 valence electrons. The number of imide groups is 2. The lowest BCUT2D eigenvalue weighted by molar-refractivity contribution is -0.384. The Morgan fingerprint density at radius 3 is 2.29 bits per heavy atom. The van der Waals surface area contributed by atoms with Crippen molar-refractivity contribution < 1.29 is 24.0 Å². The van der Waals surface area contributed by atoms with Gasteiger partial charge in [0, 0.05) is 12.1 Å². The summed E-state index contributed by atoms with van der Waals surface area (Å²) in [4.78, 5) is 48.6. The van der Waals surface area contributed by atoms with Crippen LogP contribution in [-0.4, -0.2) is 22.8 Å². The number of para-hydroxylation sites is 1. The Hall–Kier alpha value is -4.50. The highest BCUT2D eigenvalue weighted by Gasteiger charge is 2.37. The number of carbonyl (C=O) groups is 3. The minimum atomic E-state index is -0.879. The SMILES string of the molecule is O=C1NC(=O)N(c2ccccc2Cl)C(=O)C1=Cc1ccc(OCc2ccc([N+](=O)[O-])cc2)cc1. The van der Waals surface area contributed by atoms with E-state index in [9.17, 15) is 24.5 Å². The van der Waals surface area contributed by atoms with E-state index in [4.69, 9.17) is 16.3 Å². The van der Waals surface area contributed by atoms with Gasteiger partial charge in [0.2, 0.25) is 0 Å². The molecule has 0 aromatic heterocycles. The molecule has 0 bridgehead atoms. The number of halogens is 1. The maximum atomic E-state index is 12.9. The highest BCUT2D eigenvalue weighted by Crippen LogP contribution is 2.29. The number of hydrogen-bond donors (Lipinski definition) is 1. The minimum absolute atomic E-state index is 0.00256. The van der Waals surface area contributed by atoms with E-state index in [0.717, 1.165) is 10.5 Å². The maximum Gasteiger partial charge on any atom is 0.335 e. The molecule has 34 heavy (non-hydrogen) atoms. The van der Waals surface area contributed by atoms with Gasteiger partial charge in [0.1, 0.15) is 17.9 Å². The van der Waals surface area contributed by atoms with Gasteiger partial charge in [-0.3, -0.25) is 25.0 Å². The molecule has 0 unspecified atom stereocenters. The number of amides is 4. The van der Waals surface area contributed by atoms with Gasteiger partial charge in [0.05, 0.1) is 15.6 Å². The average Bonchev–Trinajstić information content (AvgIpc) is 2.82. The van der Waals surface area contributed by atoms with Gasteiger partial charge in [-0.1, -0.05) is 35.9 Å². The molecule has 0 saturated carbocycles. The van der Waals surface area contributed by atoms with E-state index in [-0.39, 0.29) is 28.6 Å². The molecule has 0 radical (unpaired) electrons. The third-order valence-corrected chi connectivity index (χ3v) is 5.26. The van der Waals surface area contributed by atoms with Crippen LogP contribution < -0.4 is 15.0 Å². The normalized spacial score (nSPS) is 14.8. The summed E-state index contributed by atoms with van der Waals surface area (Å²) in [7, 11) is 0. The molecule has 4 amide bonds. The number of non-ortho nitro benzene ring substituents is 1. The van der Waals surface area contributed by atoms with E-state index in [0.29, 0.717) is 11.3 Å². The van der Waals surface area contributed by atoms with Crippen molar-refractivity contribution in [3.8, 4) is 5.75 Å². The zero-order valence-electron chi connectivity index (χ0n) is 17.4. The second-order valence-corrected chi connectivity index (χ2v) is 7.60. The molecule has 1 heterocycles. The van der Waals surface area contributed by atoms with Crippen molar-refractivity contribution in [1.82, 2.24) is 5.32 Å². The third-order valence-electron chi connectivity index (χ3n) is 4.94. The lowest BCUT2D eigenvalue weighted by Gasteiger charge is -2.27. The van der Waals surface area contributed by atoms with Crippen LogP contribution in [0.3, 0.4) is 0 Å². The second kappa shape index (κ2) is 9.55. The van der Waals surface area contributed by atoms with E-state index in [1.54, 1.807) is 48.5 Å². The van der Waals surface area contributed by atoms with Crippen LogP contribution in [0.25, 0.3) is 6.08 Å². The number of urea groups is 1. The topological polar surface area (TPSA) is 119 Å². The maximum absolute atomic E-state index is 12.9. The largest absolute Gasteiger partial charge is 0.489 e. The molecule has 1 saturated heterocycles. The van der Waals surface area contributed by atoms with Gasteiger partial charge >= 0.3 is 6.03 Å². The number of rotatable bonds is 6. The predicted molar refractivity (Wildman–Crippen MR) is 124 cm³/mol.